The lowest BCUT2D eigenvalue weighted by atomic mass is 10.1. The van der Waals surface area contributed by atoms with Crippen LogP contribution in [0.3, 0.4) is 0 Å². The zero-order chi connectivity index (χ0) is 23.9. The van der Waals surface area contributed by atoms with Gasteiger partial charge in [0.15, 0.2) is 5.65 Å². The zero-order valence-electron chi connectivity index (χ0n) is 18.5. The molecule has 35 heavy (non-hydrogen) atoms. The van der Waals surface area contributed by atoms with Gasteiger partial charge in [-0.25, -0.2) is 23.7 Å². The molecule has 4 heterocycles. The number of benzene rings is 2. The van der Waals surface area contributed by atoms with Crippen molar-refractivity contribution in [3.8, 4) is 22.5 Å². The molecule has 0 aliphatic carbocycles. The van der Waals surface area contributed by atoms with Crippen LogP contribution in [0.5, 0.6) is 0 Å². The van der Waals surface area contributed by atoms with E-state index in [2.05, 4.69) is 4.98 Å². The van der Waals surface area contributed by atoms with Gasteiger partial charge in [-0.05, 0) is 30.3 Å². The van der Waals surface area contributed by atoms with E-state index in [0.717, 1.165) is 28.1 Å². The number of halogens is 1. The van der Waals surface area contributed by atoms with Crippen LogP contribution in [0.1, 0.15) is 11.3 Å². The Balaban J connectivity index is 1.42. The van der Waals surface area contributed by atoms with Gasteiger partial charge in [-0.15, -0.1) is 0 Å². The Hall–Kier alpha value is -4.66. The lowest BCUT2D eigenvalue weighted by molar-refractivity contribution is -0.132. The van der Waals surface area contributed by atoms with Crippen molar-refractivity contribution in [1.29, 1.82) is 0 Å². The van der Waals surface area contributed by atoms with Gasteiger partial charge in [-0.2, -0.15) is 5.10 Å². The van der Waals surface area contributed by atoms with Gasteiger partial charge in [-0.3, -0.25) is 9.36 Å². The van der Waals surface area contributed by atoms with Crippen molar-refractivity contribution >= 4 is 11.6 Å². The molecule has 0 saturated carbocycles. The number of hydrogen-bond acceptors (Lipinski definition) is 5. The number of hydrogen-bond donors (Lipinski definition) is 0. The molecule has 0 saturated heterocycles. The molecule has 1 amide bonds. The van der Waals surface area contributed by atoms with Crippen LogP contribution in [-0.2, 0) is 24.4 Å². The van der Waals surface area contributed by atoms with E-state index >= 15 is 0 Å². The van der Waals surface area contributed by atoms with Crippen LogP contribution in [0.25, 0.3) is 28.2 Å². The molecule has 2 aromatic carbocycles. The summed E-state index contributed by atoms with van der Waals surface area (Å²) in [7, 11) is 0. The Morgan fingerprint density at radius 1 is 0.971 bits per heavy atom. The topological polar surface area (TPSA) is 85.4 Å². The molecule has 5 aromatic rings. The number of carbonyl (C=O) groups excluding carboxylic acids is 1. The molecule has 0 atom stereocenters. The molecule has 0 bridgehead atoms. The highest BCUT2D eigenvalue weighted by Crippen LogP contribution is 2.34. The molecule has 0 radical (unpaired) electrons. The minimum absolute atomic E-state index is 0.0901. The molecule has 9 heteroatoms. The maximum Gasteiger partial charge on any atom is 0.347 e. The van der Waals surface area contributed by atoms with Gasteiger partial charge in [0.05, 0.1) is 30.2 Å². The average molecular weight is 466 g/mol. The van der Waals surface area contributed by atoms with Gasteiger partial charge in [0, 0.05) is 35.2 Å². The quantitative estimate of drug-likeness (QED) is 0.406. The van der Waals surface area contributed by atoms with Crippen LogP contribution < -0.4 is 5.69 Å². The third-order valence-electron chi connectivity index (χ3n) is 6.10. The van der Waals surface area contributed by atoms with Gasteiger partial charge in [-0.1, -0.05) is 30.3 Å². The molecule has 1 aliphatic heterocycles. The summed E-state index contributed by atoms with van der Waals surface area (Å²) in [6, 6.07) is 19.5. The van der Waals surface area contributed by atoms with Crippen molar-refractivity contribution in [3.63, 3.8) is 0 Å². The van der Waals surface area contributed by atoms with Gasteiger partial charge >= 0.3 is 5.69 Å². The van der Waals surface area contributed by atoms with Crippen molar-refractivity contribution in [3.05, 3.63) is 107 Å². The SMILES string of the molecule is O=C(Cn1cccnc1=O)N1Cc2nc3cc(-c4ccc(F)cc4)nn3c(-c3ccccc3)c2C1. The summed E-state index contributed by atoms with van der Waals surface area (Å²) in [5, 5.41) is 4.79. The van der Waals surface area contributed by atoms with Gasteiger partial charge < -0.3 is 4.90 Å². The fourth-order valence-electron chi connectivity index (χ4n) is 4.39. The molecule has 3 aromatic heterocycles. The molecule has 0 unspecified atom stereocenters. The number of nitrogens with zero attached hydrogens (tertiary/aromatic N) is 6. The number of rotatable bonds is 4. The molecule has 0 N–H and O–H groups in total. The molecular weight excluding hydrogens is 447 g/mol. The summed E-state index contributed by atoms with van der Waals surface area (Å²) in [5.74, 6) is -0.500. The van der Waals surface area contributed by atoms with Crippen LogP contribution in [0.2, 0.25) is 0 Å². The maximum absolute atomic E-state index is 13.4. The summed E-state index contributed by atoms with van der Waals surface area (Å²) < 4.78 is 16.5. The number of aromatic nitrogens is 5. The first-order chi connectivity index (χ1) is 17.1. The predicted molar refractivity (Wildman–Crippen MR) is 127 cm³/mol. The normalized spacial score (nSPS) is 12.8. The van der Waals surface area contributed by atoms with Crippen LogP contribution in [-0.4, -0.2) is 35.0 Å². The van der Waals surface area contributed by atoms with E-state index in [1.807, 2.05) is 36.4 Å². The smallest absolute Gasteiger partial charge is 0.331 e. The molecule has 8 nitrogen and oxygen atoms in total. The third-order valence-corrected chi connectivity index (χ3v) is 6.10. The standard InChI is InChI=1S/C26H19FN6O2/c27-19-9-7-17(8-10-19)21-13-23-29-22-15-32(24(34)16-31-12-4-11-28-26(31)35)14-20(22)25(33(23)30-21)18-5-2-1-3-6-18/h1-13H,14-16H2. The Labute approximate surface area is 198 Å². The van der Waals surface area contributed by atoms with E-state index in [9.17, 15) is 14.0 Å². The molecular formula is C26H19FN6O2. The molecule has 0 fully saturated rings. The predicted octanol–water partition coefficient (Wildman–Crippen LogP) is 3.30. The number of amides is 1. The highest BCUT2D eigenvalue weighted by Gasteiger charge is 2.30. The second-order valence-corrected chi connectivity index (χ2v) is 8.34. The summed E-state index contributed by atoms with van der Waals surface area (Å²) >= 11 is 0. The van der Waals surface area contributed by atoms with Gasteiger partial charge in [0.1, 0.15) is 12.4 Å². The van der Waals surface area contributed by atoms with Crippen molar-refractivity contribution in [1.82, 2.24) is 29.0 Å². The minimum atomic E-state index is -0.465. The Bertz CT molecular complexity index is 1630. The first kappa shape index (κ1) is 20.9. The molecule has 1 aliphatic rings. The van der Waals surface area contributed by atoms with E-state index in [4.69, 9.17) is 10.1 Å². The fraction of sp³-hybridized carbons (Fsp3) is 0.115. The van der Waals surface area contributed by atoms with Crippen molar-refractivity contribution in [2.24, 2.45) is 0 Å². The third kappa shape index (κ3) is 3.76. The Morgan fingerprint density at radius 3 is 2.54 bits per heavy atom. The fourth-order valence-corrected chi connectivity index (χ4v) is 4.39. The molecule has 0 spiro atoms. The second-order valence-electron chi connectivity index (χ2n) is 8.34. The van der Waals surface area contributed by atoms with Crippen LogP contribution >= 0.6 is 0 Å². The summed E-state index contributed by atoms with van der Waals surface area (Å²) in [6.45, 7) is 0.589. The second kappa shape index (κ2) is 8.28. The van der Waals surface area contributed by atoms with E-state index in [0.29, 0.717) is 24.4 Å². The van der Waals surface area contributed by atoms with Gasteiger partial charge in [0.2, 0.25) is 5.91 Å². The van der Waals surface area contributed by atoms with Gasteiger partial charge in [0.25, 0.3) is 0 Å². The van der Waals surface area contributed by atoms with Crippen molar-refractivity contribution < 1.29 is 9.18 Å². The first-order valence-electron chi connectivity index (χ1n) is 11.1. The summed E-state index contributed by atoms with van der Waals surface area (Å²) in [5.41, 5.74) is 5.14. The lowest BCUT2D eigenvalue weighted by Crippen LogP contribution is -2.33. The van der Waals surface area contributed by atoms with Crippen molar-refractivity contribution in [2.45, 2.75) is 19.6 Å². The maximum atomic E-state index is 13.4. The largest absolute Gasteiger partial charge is 0.347 e. The van der Waals surface area contributed by atoms with Crippen LogP contribution in [0.15, 0.2) is 83.9 Å². The average Bonchev–Trinajstić information content (AvgIpc) is 3.49. The minimum Gasteiger partial charge on any atom is -0.331 e. The summed E-state index contributed by atoms with van der Waals surface area (Å²) in [6.07, 6.45) is 2.95. The monoisotopic (exact) mass is 466 g/mol. The van der Waals surface area contributed by atoms with E-state index < -0.39 is 5.69 Å². The van der Waals surface area contributed by atoms with Crippen LogP contribution in [0.4, 0.5) is 4.39 Å². The molecule has 172 valence electrons. The number of fused-ring (bicyclic) bond motifs is 2. The highest BCUT2D eigenvalue weighted by molar-refractivity contribution is 5.78. The van der Waals surface area contributed by atoms with E-state index in [1.165, 1.54) is 22.9 Å². The number of carbonyl (C=O) groups is 1. The van der Waals surface area contributed by atoms with E-state index in [-0.39, 0.29) is 18.3 Å². The lowest BCUT2D eigenvalue weighted by Gasteiger charge is -2.16. The van der Waals surface area contributed by atoms with E-state index in [1.54, 1.807) is 33.8 Å². The summed E-state index contributed by atoms with van der Waals surface area (Å²) in [4.78, 5) is 35.2. The highest BCUT2D eigenvalue weighted by atomic mass is 19.1. The Morgan fingerprint density at radius 2 is 1.77 bits per heavy atom. The van der Waals surface area contributed by atoms with Crippen molar-refractivity contribution in [2.75, 3.05) is 0 Å². The Kier molecular flexibility index (Phi) is 4.95. The molecule has 6 rings (SSSR count). The van der Waals surface area contributed by atoms with Crippen LogP contribution in [0, 0.1) is 5.82 Å². The first-order valence-corrected chi connectivity index (χ1v) is 11.1. The zero-order valence-corrected chi connectivity index (χ0v) is 18.5.